The first-order valence-electron chi connectivity index (χ1n) is 5.98. The van der Waals surface area contributed by atoms with Crippen molar-refractivity contribution in [3.63, 3.8) is 0 Å². The summed E-state index contributed by atoms with van der Waals surface area (Å²) in [4.78, 5) is 0. The summed E-state index contributed by atoms with van der Waals surface area (Å²) >= 11 is 0. The molecule has 1 unspecified atom stereocenters. The van der Waals surface area contributed by atoms with E-state index in [0.29, 0.717) is 32.7 Å². The van der Waals surface area contributed by atoms with Gasteiger partial charge in [0.05, 0.1) is 25.9 Å². The van der Waals surface area contributed by atoms with Gasteiger partial charge in [-0.3, -0.25) is 0 Å². The molecule has 7 heteroatoms. The van der Waals surface area contributed by atoms with Gasteiger partial charge in [0.25, 0.3) is 0 Å². The van der Waals surface area contributed by atoms with Crippen LogP contribution in [-0.2, 0) is 9.47 Å². The molecule has 0 aliphatic rings. The van der Waals surface area contributed by atoms with E-state index in [4.69, 9.17) is 9.47 Å². The lowest BCUT2D eigenvalue weighted by molar-refractivity contribution is -0.135. The van der Waals surface area contributed by atoms with Crippen molar-refractivity contribution in [3.8, 4) is 0 Å². The number of aliphatic hydroxyl groups is 1. The first-order chi connectivity index (χ1) is 8.45. The van der Waals surface area contributed by atoms with Crippen LogP contribution in [0.1, 0.15) is 19.3 Å². The predicted molar refractivity (Wildman–Crippen MR) is 61.5 cm³/mol. The Kier molecular flexibility index (Phi) is 10.3. The fraction of sp³-hybridized carbons (Fsp3) is 1.00. The van der Waals surface area contributed by atoms with Crippen LogP contribution in [0.2, 0.25) is 0 Å². The average Bonchev–Trinajstić information content (AvgIpc) is 2.28. The normalized spacial score (nSPS) is 13.8. The minimum absolute atomic E-state index is 0.108. The number of ether oxygens (including phenoxy) is 2. The van der Waals surface area contributed by atoms with Gasteiger partial charge in [0.1, 0.15) is 0 Å². The summed E-state index contributed by atoms with van der Waals surface area (Å²) in [5, 5.41) is 12.3. The highest BCUT2D eigenvalue weighted by Gasteiger charge is 2.25. The Morgan fingerprint density at radius 2 is 1.94 bits per heavy atom. The third-order valence-electron chi connectivity index (χ3n) is 2.19. The van der Waals surface area contributed by atoms with Crippen molar-refractivity contribution in [2.24, 2.45) is 0 Å². The highest BCUT2D eigenvalue weighted by Crippen LogP contribution is 2.21. The zero-order valence-corrected chi connectivity index (χ0v) is 10.6. The van der Waals surface area contributed by atoms with E-state index in [1.807, 2.05) is 0 Å². The van der Waals surface area contributed by atoms with Gasteiger partial charge in [0.2, 0.25) is 0 Å². The van der Waals surface area contributed by atoms with E-state index in [-0.39, 0.29) is 13.0 Å². The number of alkyl halides is 3. The lowest BCUT2D eigenvalue weighted by Crippen LogP contribution is -2.31. The van der Waals surface area contributed by atoms with Crippen LogP contribution < -0.4 is 5.32 Å². The highest BCUT2D eigenvalue weighted by atomic mass is 19.4. The third kappa shape index (κ3) is 13.7. The number of hydrogen-bond acceptors (Lipinski definition) is 4. The molecule has 2 N–H and O–H groups in total. The van der Waals surface area contributed by atoms with Crippen LogP contribution in [-0.4, -0.2) is 57.4 Å². The molecule has 0 heterocycles. The van der Waals surface area contributed by atoms with Crippen molar-refractivity contribution < 1.29 is 27.8 Å². The zero-order valence-electron chi connectivity index (χ0n) is 10.6. The Morgan fingerprint density at radius 3 is 2.56 bits per heavy atom. The summed E-state index contributed by atoms with van der Waals surface area (Å²) in [5.74, 6) is 0. The maximum absolute atomic E-state index is 11.8. The predicted octanol–water partition coefficient (Wildman–Crippen LogP) is 1.33. The van der Waals surface area contributed by atoms with Crippen molar-refractivity contribution >= 4 is 0 Å². The highest BCUT2D eigenvalue weighted by molar-refractivity contribution is 4.59. The summed E-state index contributed by atoms with van der Waals surface area (Å²) in [6.07, 6.45) is -4.93. The van der Waals surface area contributed by atoms with Crippen LogP contribution in [0.4, 0.5) is 13.2 Å². The molecule has 0 aromatic carbocycles. The molecule has 4 nitrogen and oxygen atoms in total. The van der Waals surface area contributed by atoms with Gasteiger partial charge in [0.15, 0.2) is 0 Å². The van der Waals surface area contributed by atoms with E-state index in [0.717, 1.165) is 0 Å². The molecule has 0 saturated heterocycles. The van der Waals surface area contributed by atoms with Gasteiger partial charge in [0, 0.05) is 20.1 Å². The lowest BCUT2D eigenvalue weighted by Gasteiger charge is -2.12. The first-order valence-corrected chi connectivity index (χ1v) is 5.98. The van der Waals surface area contributed by atoms with Crippen molar-refractivity contribution in [2.45, 2.75) is 31.5 Å². The number of aliphatic hydroxyl groups excluding tert-OH is 1. The Balaban J connectivity index is 3.22. The van der Waals surface area contributed by atoms with E-state index in [1.165, 1.54) is 0 Å². The molecule has 18 heavy (non-hydrogen) atoms. The van der Waals surface area contributed by atoms with Crippen LogP contribution in [0.25, 0.3) is 0 Å². The summed E-state index contributed by atoms with van der Waals surface area (Å²) in [5.41, 5.74) is 0. The molecule has 0 fully saturated rings. The molecule has 110 valence electrons. The van der Waals surface area contributed by atoms with E-state index < -0.39 is 18.7 Å². The monoisotopic (exact) mass is 273 g/mol. The minimum Gasteiger partial charge on any atom is -0.389 e. The van der Waals surface area contributed by atoms with Crippen LogP contribution >= 0.6 is 0 Å². The zero-order chi connectivity index (χ0) is 13.9. The topological polar surface area (TPSA) is 50.7 Å². The maximum Gasteiger partial charge on any atom is 0.389 e. The number of halogens is 3. The molecule has 1 atom stereocenters. The van der Waals surface area contributed by atoms with Crippen LogP contribution in [0.15, 0.2) is 0 Å². The van der Waals surface area contributed by atoms with Crippen molar-refractivity contribution in [1.29, 1.82) is 0 Å². The Labute approximate surface area is 105 Å². The fourth-order valence-corrected chi connectivity index (χ4v) is 1.26. The minimum atomic E-state index is -4.07. The summed E-state index contributed by atoms with van der Waals surface area (Å²) in [6.45, 7) is 1.86. The Morgan fingerprint density at radius 1 is 1.22 bits per heavy atom. The van der Waals surface area contributed by atoms with E-state index in [2.05, 4.69) is 5.32 Å². The van der Waals surface area contributed by atoms with Crippen molar-refractivity contribution in [1.82, 2.24) is 5.32 Å². The molecule has 0 radical (unpaired) electrons. The van der Waals surface area contributed by atoms with E-state index >= 15 is 0 Å². The van der Waals surface area contributed by atoms with Crippen molar-refractivity contribution in [2.75, 3.05) is 40.0 Å². The maximum atomic E-state index is 11.8. The van der Waals surface area contributed by atoms with Crippen molar-refractivity contribution in [3.05, 3.63) is 0 Å². The second-order valence-corrected chi connectivity index (χ2v) is 4.00. The Hall–Kier alpha value is -0.370. The quantitative estimate of drug-likeness (QED) is 0.558. The molecule has 0 rings (SSSR count). The van der Waals surface area contributed by atoms with Crippen LogP contribution in [0.5, 0.6) is 0 Å². The molecule has 0 aromatic rings. The first kappa shape index (κ1) is 17.6. The molecule has 0 aliphatic carbocycles. The summed E-state index contributed by atoms with van der Waals surface area (Å²) in [7, 11) is 1.56. The molecule has 0 aliphatic heterocycles. The van der Waals surface area contributed by atoms with Gasteiger partial charge in [-0.2, -0.15) is 13.2 Å². The number of hydrogen-bond donors (Lipinski definition) is 2. The third-order valence-corrected chi connectivity index (χ3v) is 2.19. The standard InChI is InChI=1S/C11H22F3NO3/c1-17-6-7-18-9-10(16)8-15-5-3-2-4-11(12,13)14/h10,15-16H,2-9H2,1H3. The number of nitrogens with one attached hydrogen (secondary N) is 1. The molecule has 0 bridgehead atoms. The summed E-state index contributed by atoms with van der Waals surface area (Å²) < 4.78 is 45.3. The SMILES string of the molecule is COCCOCC(O)CNCCCCC(F)(F)F. The molecule has 0 spiro atoms. The van der Waals surface area contributed by atoms with Crippen LogP contribution in [0, 0.1) is 0 Å². The van der Waals surface area contributed by atoms with Gasteiger partial charge in [-0.05, 0) is 19.4 Å². The molecule has 0 aromatic heterocycles. The van der Waals surface area contributed by atoms with Crippen LogP contribution in [0.3, 0.4) is 0 Å². The number of methoxy groups -OCH3 is 1. The largest absolute Gasteiger partial charge is 0.389 e. The molecular formula is C11H22F3NO3. The average molecular weight is 273 g/mol. The van der Waals surface area contributed by atoms with E-state index in [1.54, 1.807) is 7.11 Å². The smallest absolute Gasteiger partial charge is 0.389 e. The molecular weight excluding hydrogens is 251 g/mol. The molecule has 0 amide bonds. The number of unbranched alkanes of at least 4 members (excludes halogenated alkanes) is 1. The Bertz CT molecular complexity index is 191. The van der Waals surface area contributed by atoms with Gasteiger partial charge in [-0.1, -0.05) is 0 Å². The van der Waals surface area contributed by atoms with E-state index in [9.17, 15) is 18.3 Å². The van der Waals surface area contributed by atoms with Gasteiger partial charge in [-0.25, -0.2) is 0 Å². The number of rotatable bonds is 11. The summed E-state index contributed by atoms with van der Waals surface area (Å²) in [6, 6.07) is 0. The van der Waals surface area contributed by atoms with Gasteiger partial charge >= 0.3 is 6.18 Å². The second kappa shape index (κ2) is 10.5. The van der Waals surface area contributed by atoms with Gasteiger partial charge in [-0.15, -0.1) is 0 Å². The van der Waals surface area contributed by atoms with Gasteiger partial charge < -0.3 is 19.9 Å². The second-order valence-electron chi connectivity index (χ2n) is 4.00. The molecule has 0 saturated carbocycles. The fourth-order valence-electron chi connectivity index (χ4n) is 1.26. The lowest BCUT2D eigenvalue weighted by atomic mass is 10.2.